The lowest BCUT2D eigenvalue weighted by molar-refractivity contribution is -0.115. The molecule has 1 saturated carbocycles. The SMILES string of the molecule is Cc1cc(-c2nnc(N[C@H]3CCC[C@@](N)(C(F)F)C3)o2)nc2c(C(C)(C)C)cc(NCC(F)(F)F)cc12. The first-order chi connectivity index (χ1) is 17.1. The fourth-order valence-corrected chi connectivity index (χ4v) is 4.70. The lowest BCUT2D eigenvalue weighted by atomic mass is 9.80. The molecule has 3 aromatic rings. The van der Waals surface area contributed by atoms with Gasteiger partial charge in [-0.15, -0.1) is 5.10 Å². The normalized spacial score (nSPS) is 21.0. The standard InChI is InChI=1S/C25H31F5N6O/c1-13-8-18(20-35-36-22(37-20)33-14-6-5-7-24(31,11-14)21(26)27)34-19-16(13)9-15(32-12-25(28,29)30)10-17(19)23(2,3)4/h8-10,14,21,32H,5-7,11-12,31H2,1-4H3,(H,33,36)/t14-,24-/m0/s1. The number of aromatic nitrogens is 3. The average molecular weight is 527 g/mol. The summed E-state index contributed by atoms with van der Waals surface area (Å²) < 4.78 is 70.9. The van der Waals surface area contributed by atoms with E-state index >= 15 is 0 Å². The third-order valence-corrected chi connectivity index (χ3v) is 6.65. The number of alkyl halides is 5. The van der Waals surface area contributed by atoms with Crippen molar-refractivity contribution in [1.82, 2.24) is 15.2 Å². The Morgan fingerprint density at radius 3 is 2.54 bits per heavy atom. The molecule has 2 aromatic heterocycles. The van der Waals surface area contributed by atoms with Crippen molar-refractivity contribution in [2.75, 3.05) is 17.2 Å². The second-order valence-electron chi connectivity index (χ2n) is 10.8. The van der Waals surface area contributed by atoms with Gasteiger partial charge in [0.25, 0.3) is 12.3 Å². The monoisotopic (exact) mass is 526 g/mol. The molecule has 37 heavy (non-hydrogen) atoms. The summed E-state index contributed by atoms with van der Waals surface area (Å²) in [5.41, 5.74) is 6.80. The van der Waals surface area contributed by atoms with E-state index in [2.05, 4.69) is 20.8 Å². The van der Waals surface area contributed by atoms with E-state index in [1.165, 1.54) is 0 Å². The molecule has 1 aliphatic carbocycles. The number of benzene rings is 1. The molecule has 1 aliphatic rings. The van der Waals surface area contributed by atoms with E-state index in [0.29, 0.717) is 35.1 Å². The molecular formula is C25H31F5N6O. The number of hydrogen-bond acceptors (Lipinski definition) is 7. The maximum atomic E-state index is 13.4. The molecule has 4 rings (SSSR count). The third kappa shape index (κ3) is 6.11. The minimum Gasteiger partial charge on any atom is -0.402 e. The van der Waals surface area contributed by atoms with Crippen LogP contribution in [0.15, 0.2) is 22.6 Å². The molecule has 0 radical (unpaired) electrons. The highest BCUT2D eigenvalue weighted by atomic mass is 19.4. The first-order valence-corrected chi connectivity index (χ1v) is 12.1. The number of nitrogens with two attached hydrogens (primary N) is 1. The molecule has 7 nitrogen and oxygen atoms in total. The number of aryl methyl sites for hydroxylation is 1. The van der Waals surface area contributed by atoms with Crippen LogP contribution in [0.3, 0.4) is 0 Å². The molecule has 4 N–H and O–H groups in total. The summed E-state index contributed by atoms with van der Waals surface area (Å²) in [5, 5.41) is 14.3. The highest BCUT2D eigenvalue weighted by molar-refractivity contribution is 5.90. The molecule has 2 atom stereocenters. The van der Waals surface area contributed by atoms with Crippen molar-refractivity contribution in [1.29, 1.82) is 0 Å². The fourth-order valence-electron chi connectivity index (χ4n) is 4.70. The van der Waals surface area contributed by atoms with Crippen molar-refractivity contribution in [2.45, 2.75) is 83.0 Å². The maximum absolute atomic E-state index is 13.4. The van der Waals surface area contributed by atoms with Crippen molar-refractivity contribution in [3.8, 4) is 11.6 Å². The molecular weight excluding hydrogens is 495 g/mol. The van der Waals surface area contributed by atoms with Gasteiger partial charge in [-0.3, -0.25) is 0 Å². The summed E-state index contributed by atoms with van der Waals surface area (Å²) in [6.07, 6.45) is -5.44. The number of nitrogens with zero attached hydrogens (tertiary/aromatic N) is 3. The Balaban J connectivity index is 1.64. The third-order valence-electron chi connectivity index (χ3n) is 6.65. The van der Waals surface area contributed by atoms with Crippen molar-refractivity contribution in [3.63, 3.8) is 0 Å². The molecule has 0 bridgehead atoms. The first-order valence-electron chi connectivity index (χ1n) is 12.1. The topological polar surface area (TPSA) is 102 Å². The number of halogens is 5. The first kappa shape index (κ1) is 27.0. The number of pyridine rings is 1. The smallest absolute Gasteiger partial charge is 0.402 e. The lowest BCUT2D eigenvalue weighted by Gasteiger charge is -2.37. The van der Waals surface area contributed by atoms with Crippen LogP contribution in [0.5, 0.6) is 0 Å². The van der Waals surface area contributed by atoms with E-state index < -0.39 is 30.1 Å². The van der Waals surface area contributed by atoms with Gasteiger partial charge in [0.2, 0.25) is 0 Å². The highest BCUT2D eigenvalue weighted by Gasteiger charge is 2.41. The van der Waals surface area contributed by atoms with Crippen LogP contribution in [-0.2, 0) is 5.41 Å². The Hall–Kier alpha value is -3.02. The van der Waals surface area contributed by atoms with Gasteiger partial charge in [-0.05, 0) is 67.3 Å². The van der Waals surface area contributed by atoms with Gasteiger partial charge in [0, 0.05) is 17.1 Å². The zero-order valence-corrected chi connectivity index (χ0v) is 21.1. The van der Waals surface area contributed by atoms with E-state index in [4.69, 9.17) is 15.1 Å². The molecule has 12 heteroatoms. The van der Waals surface area contributed by atoms with Gasteiger partial charge < -0.3 is 20.8 Å². The molecule has 0 aliphatic heterocycles. The minimum atomic E-state index is -4.35. The summed E-state index contributed by atoms with van der Waals surface area (Å²) >= 11 is 0. The number of hydrogen-bond donors (Lipinski definition) is 3. The van der Waals surface area contributed by atoms with E-state index in [1.807, 2.05) is 27.7 Å². The zero-order chi connectivity index (χ0) is 27.2. The van der Waals surface area contributed by atoms with Crippen LogP contribution in [0.25, 0.3) is 22.5 Å². The fraction of sp³-hybridized carbons (Fsp3) is 0.560. The number of fused-ring (bicyclic) bond motifs is 1. The van der Waals surface area contributed by atoms with Crippen LogP contribution in [0.4, 0.5) is 33.7 Å². The Morgan fingerprint density at radius 1 is 1.16 bits per heavy atom. The van der Waals surface area contributed by atoms with Crippen molar-refractivity contribution >= 4 is 22.6 Å². The van der Waals surface area contributed by atoms with Crippen molar-refractivity contribution in [3.05, 3.63) is 29.3 Å². The van der Waals surface area contributed by atoms with E-state index in [-0.39, 0.29) is 30.8 Å². The second-order valence-corrected chi connectivity index (χ2v) is 10.8. The number of nitrogens with one attached hydrogen (secondary N) is 2. The molecule has 0 saturated heterocycles. The van der Waals surface area contributed by atoms with Gasteiger partial charge in [0.1, 0.15) is 12.2 Å². The molecule has 1 fully saturated rings. The van der Waals surface area contributed by atoms with E-state index in [0.717, 1.165) is 11.1 Å². The van der Waals surface area contributed by atoms with Gasteiger partial charge in [0.15, 0.2) is 0 Å². The Bertz CT molecular complexity index is 1270. The Kier molecular flexibility index (Phi) is 7.08. The molecule has 202 valence electrons. The minimum absolute atomic E-state index is 0.0787. The summed E-state index contributed by atoms with van der Waals surface area (Å²) in [4.78, 5) is 4.74. The summed E-state index contributed by atoms with van der Waals surface area (Å²) in [7, 11) is 0. The quantitative estimate of drug-likeness (QED) is 0.330. The van der Waals surface area contributed by atoms with Crippen LogP contribution < -0.4 is 16.4 Å². The largest absolute Gasteiger partial charge is 0.405 e. The van der Waals surface area contributed by atoms with Crippen LogP contribution in [0.1, 0.15) is 57.6 Å². The molecule has 2 heterocycles. The van der Waals surface area contributed by atoms with Gasteiger partial charge in [0.05, 0.1) is 11.1 Å². The summed E-state index contributed by atoms with van der Waals surface area (Å²) in [5.74, 6) is 0.135. The van der Waals surface area contributed by atoms with Gasteiger partial charge >= 0.3 is 12.2 Å². The van der Waals surface area contributed by atoms with E-state index in [9.17, 15) is 22.0 Å². The van der Waals surface area contributed by atoms with Crippen molar-refractivity contribution in [2.24, 2.45) is 5.73 Å². The predicted octanol–water partition coefficient (Wildman–Crippen LogP) is 6.18. The second kappa shape index (κ2) is 9.70. The van der Waals surface area contributed by atoms with Crippen LogP contribution in [0, 0.1) is 6.92 Å². The number of anilines is 2. The summed E-state index contributed by atoms with van der Waals surface area (Å²) in [6, 6.07) is 4.80. The van der Waals surface area contributed by atoms with Crippen LogP contribution in [-0.4, -0.2) is 45.9 Å². The van der Waals surface area contributed by atoms with E-state index in [1.54, 1.807) is 18.2 Å². The lowest BCUT2D eigenvalue weighted by Crippen LogP contribution is -2.53. The van der Waals surface area contributed by atoms with Gasteiger partial charge in [-0.2, -0.15) is 13.2 Å². The van der Waals surface area contributed by atoms with Gasteiger partial charge in [-0.25, -0.2) is 13.8 Å². The Morgan fingerprint density at radius 2 is 1.89 bits per heavy atom. The molecule has 0 amide bonds. The van der Waals surface area contributed by atoms with Crippen molar-refractivity contribution < 1.29 is 26.4 Å². The Labute approximate surface area is 211 Å². The molecule has 0 spiro atoms. The zero-order valence-electron chi connectivity index (χ0n) is 21.1. The average Bonchev–Trinajstić information content (AvgIpc) is 3.24. The predicted molar refractivity (Wildman–Crippen MR) is 132 cm³/mol. The molecule has 0 unspecified atom stereocenters. The van der Waals surface area contributed by atoms with Gasteiger partial charge in [-0.1, -0.05) is 25.9 Å². The van der Waals surface area contributed by atoms with Crippen LogP contribution >= 0.6 is 0 Å². The highest BCUT2D eigenvalue weighted by Crippen LogP contribution is 2.36. The molecule has 1 aromatic carbocycles. The number of rotatable bonds is 6. The summed E-state index contributed by atoms with van der Waals surface area (Å²) in [6.45, 7) is 6.54. The maximum Gasteiger partial charge on any atom is 0.405 e. The van der Waals surface area contributed by atoms with Crippen LogP contribution in [0.2, 0.25) is 0 Å².